The summed E-state index contributed by atoms with van der Waals surface area (Å²) in [7, 11) is 0. The first-order valence-electron chi connectivity index (χ1n) is 6.27. The normalized spacial score (nSPS) is 11.5. The lowest BCUT2D eigenvalue weighted by Crippen LogP contribution is -2.29. The minimum Gasteiger partial charge on any atom is -0.336 e. The molecule has 1 amide bonds. The Bertz CT molecular complexity index is 662. The zero-order valence-corrected chi connectivity index (χ0v) is 11.8. The van der Waals surface area contributed by atoms with Crippen LogP contribution in [0.3, 0.4) is 0 Å². The molecule has 0 saturated carbocycles. The van der Waals surface area contributed by atoms with Gasteiger partial charge in [-0.1, -0.05) is 35.9 Å². The summed E-state index contributed by atoms with van der Waals surface area (Å²) >= 11 is 5.77. The van der Waals surface area contributed by atoms with Crippen molar-refractivity contribution >= 4 is 17.5 Å². The van der Waals surface area contributed by atoms with Crippen molar-refractivity contribution in [1.29, 1.82) is 5.26 Å². The van der Waals surface area contributed by atoms with Gasteiger partial charge in [-0.25, -0.2) is 4.39 Å². The molecule has 5 heteroatoms. The molecule has 0 heterocycles. The van der Waals surface area contributed by atoms with Crippen LogP contribution in [-0.2, 0) is 11.2 Å². The fraction of sp³-hybridized carbons (Fsp3) is 0.125. The van der Waals surface area contributed by atoms with E-state index in [9.17, 15) is 9.18 Å². The molecule has 0 aliphatic heterocycles. The fourth-order valence-electron chi connectivity index (χ4n) is 1.85. The Balaban J connectivity index is 2.01. The molecule has 1 atom stereocenters. The number of nitrogens with one attached hydrogen (secondary N) is 1. The van der Waals surface area contributed by atoms with Crippen LogP contribution >= 0.6 is 11.6 Å². The van der Waals surface area contributed by atoms with Crippen molar-refractivity contribution in [2.75, 3.05) is 0 Å². The Hall–Kier alpha value is -2.38. The molecule has 106 valence electrons. The highest BCUT2D eigenvalue weighted by molar-refractivity contribution is 6.30. The Morgan fingerprint density at radius 2 is 1.81 bits per heavy atom. The van der Waals surface area contributed by atoms with Crippen LogP contribution in [0.15, 0.2) is 48.5 Å². The van der Waals surface area contributed by atoms with Crippen LogP contribution in [0.5, 0.6) is 0 Å². The number of nitrogens with zero attached hydrogens (tertiary/aromatic N) is 1. The van der Waals surface area contributed by atoms with Gasteiger partial charge in [0, 0.05) is 5.02 Å². The third-order valence-corrected chi connectivity index (χ3v) is 3.17. The summed E-state index contributed by atoms with van der Waals surface area (Å²) in [5, 5.41) is 12.3. The molecule has 0 saturated heterocycles. The summed E-state index contributed by atoms with van der Waals surface area (Å²) in [6, 6.07) is 13.6. The zero-order valence-electron chi connectivity index (χ0n) is 11.0. The van der Waals surface area contributed by atoms with Gasteiger partial charge in [-0.05, 0) is 35.4 Å². The number of amides is 1. The third-order valence-electron chi connectivity index (χ3n) is 2.92. The van der Waals surface area contributed by atoms with E-state index in [1.165, 1.54) is 24.3 Å². The second-order valence-electron chi connectivity index (χ2n) is 4.48. The summed E-state index contributed by atoms with van der Waals surface area (Å²) < 4.78 is 12.9. The molecule has 2 rings (SSSR count). The molecule has 3 nitrogen and oxygen atoms in total. The predicted octanol–water partition coefficient (Wildman–Crippen LogP) is 3.40. The standard InChI is InChI=1S/C16H12ClFN2O/c17-13-5-1-11(2-6-13)9-16(21)20-15(10-19)12-3-7-14(18)8-4-12/h1-8,15H,9H2,(H,20,21)/t15-/m0/s1. The Morgan fingerprint density at radius 1 is 1.19 bits per heavy atom. The molecular weight excluding hydrogens is 291 g/mol. The quantitative estimate of drug-likeness (QED) is 0.941. The average molecular weight is 303 g/mol. The van der Waals surface area contributed by atoms with E-state index in [0.29, 0.717) is 10.6 Å². The number of halogens is 2. The van der Waals surface area contributed by atoms with Gasteiger partial charge < -0.3 is 5.32 Å². The Morgan fingerprint density at radius 3 is 2.38 bits per heavy atom. The molecule has 0 aromatic heterocycles. The van der Waals surface area contributed by atoms with E-state index in [-0.39, 0.29) is 18.1 Å². The smallest absolute Gasteiger partial charge is 0.225 e. The van der Waals surface area contributed by atoms with Crippen LogP contribution in [0.2, 0.25) is 5.02 Å². The van der Waals surface area contributed by atoms with E-state index >= 15 is 0 Å². The first-order valence-corrected chi connectivity index (χ1v) is 6.65. The topological polar surface area (TPSA) is 52.9 Å². The lowest BCUT2D eigenvalue weighted by molar-refractivity contribution is -0.120. The summed E-state index contributed by atoms with van der Waals surface area (Å²) in [4.78, 5) is 11.9. The van der Waals surface area contributed by atoms with E-state index in [4.69, 9.17) is 16.9 Å². The van der Waals surface area contributed by atoms with Gasteiger partial charge in [-0.15, -0.1) is 0 Å². The molecule has 0 radical (unpaired) electrons. The molecule has 0 aliphatic rings. The van der Waals surface area contributed by atoms with Gasteiger partial charge in [0.1, 0.15) is 11.9 Å². The van der Waals surface area contributed by atoms with Crippen LogP contribution < -0.4 is 5.32 Å². The Labute approximate surface area is 127 Å². The lowest BCUT2D eigenvalue weighted by atomic mass is 10.1. The highest BCUT2D eigenvalue weighted by Gasteiger charge is 2.14. The Kier molecular flexibility index (Phi) is 4.91. The van der Waals surface area contributed by atoms with Crippen LogP contribution in [0.1, 0.15) is 17.2 Å². The summed E-state index contributed by atoms with van der Waals surface area (Å²) in [6.45, 7) is 0. The van der Waals surface area contributed by atoms with Gasteiger partial charge in [0.05, 0.1) is 12.5 Å². The molecule has 0 aliphatic carbocycles. The fourth-order valence-corrected chi connectivity index (χ4v) is 1.97. The number of nitriles is 1. The third kappa shape index (κ3) is 4.30. The van der Waals surface area contributed by atoms with Crippen LogP contribution in [0.25, 0.3) is 0 Å². The minimum atomic E-state index is -0.801. The zero-order chi connectivity index (χ0) is 15.2. The minimum absolute atomic E-state index is 0.149. The summed E-state index contributed by atoms with van der Waals surface area (Å²) in [5.74, 6) is -0.670. The highest BCUT2D eigenvalue weighted by atomic mass is 35.5. The maximum absolute atomic E-state index is 12.9. The number of hydrogen-bond donors (Lipinski definition) is 1. The van der Waals surface area contributed by atoms with Gasteiger partial charge in [0.15, 0.2) is 0 Å². The van der Waals surface area contributed by atoms with Gasteiger partial charge in [-0.2, -0.15) is 5.26 Å². The van der Waals surface area contributed by atoms with E-state index < -0.39 is 6.04 Å². The molecule has 2 aromatic carbocycles. The van der Waals surface area contributed by atoms with Crippen LogP contribution in [-0.4, -0.2) is 5.91 Å². The van der Waals surface area contributed by atoms with Crippen molar-refractivity contribution in [1.82, 2.24) is 5.32 Å². The highest BCUT2D eigenvalue weighted by Crippen LogP contribution is 2.14. The maximum atomic E-state index is 12.9. The summed E-state index contributed by atoms with van der Waals surface area (Å²) in [5.41, 5.74) is 1.34. The van der Waals surface area contributed by atoms with E-state index in [2.05, 4.69) is 5.32 Å². The largest absolute Gasteiger partial charge is 0.336 e. The van der Waals surface area contributed by atoms with E-state index in [1.807, 2.05) is 6.07 Å². The number of hydrogen-bond acceptors (Lipinski definition) is 2. The van der Waals surface area contributed by atoms with Crippen molar-refractivity contribution in [3.05, 3.63) is 70.5 Å². The van der Waals surface area contributed by atoms with E-state index in [0.717, 1.165) is 5.56 Å². The molecule has 0 spiro atoms. The molecule has 0 bridgehead atoms. The van der Waals surface area contributed by atoms with Gasteiger partial charge in [0.25, 0.3) is 0 Å². The van der Waals surface area contributed by atoms with Crippen molar-refractivity contribution in [3.63, 3.8) is 0 Å². The van der Waals surface area contributed by atoms with Gasteiger partial charge >= 0.3 is 0 Å². The maximum Gasteiger partial charge on any atom is 0.225 e. The van der Waals surface area contributed by atoms with Crippen molar-refractivity contribution in [2.45, 2.75) is 12.5 Å². The lowest BCUT2D eigenvalue weighted by Gasteiger charge is -2.12. The second kappa shape index (κ2) is 6.87. The first-order chi connectivity index (χ1) is 10.1. The van der Waals surface area contributed by atoms with Crippen LogP contribution in [0, 0.1) is 17.1 Å². The number of rotatable bonds is 4. The van der Waals surface area contributed by atoms with Crippen molar-refractivity contribution < 1.29 is 9.18 Å². The van der Waals surface area contributed by atoms with E-state index in [1.54, 1.807) is 24.3 Å². The second-order valence-corrected chi connectivity index (χ2v) is 4.92. The molecular formula is C16H12ClFN2O. The number of benzene rings is 2. The van der Waals surface area contributed by atoms with Crippen molar-refractivity contribution in [2.24, 2.45) is 0 Å². The van der Waals surface area contributed by atoms with Gasteiger partial charge in [-0.3, -0.25) is 4.79 Å². The van der Waals surface area contributed by atoms with Crippen LogP contribution in [0.4, 0.5) is 4.39 Å². The van der Waals surface area contributed by atoms with Crippen molar-refractivity contribution in [3.8, 4) is 6.07 Å². The molecule has 1 N–H and O–H groups in total. The molecule has 2 aromatic rings. The average Bonchev–Trinajstić information content (AvgIpc) is 2.48. The first kappa shape index (κ1) is 15.0. The molecule has 0 fully saturated rings. The number of carbonyl (C=O) groups is 1. The number of carbonyl (C=O) groups excluding carboxylic acids is 1. The van der Waals surface area contributed by atoms with Gasteiger partial charge in [0.2, 0.25) is 5.91 Å². The monoisotopic (exact) mass is 302 g/mol. The SMILES string of the molecule is N#C[C@H](NC(=O)Cc1ccc(Cl)cc1)c1ccc(F)cc1. The predicted molar refractivity (Wildman–Crippen MR) is 78.1 cm³/mol. The molecule has 21 heavy (non-hydrogen) atoms. The molecule has 0 unspecified atom stereocenters. The summed E-state index contributed by atoms with van der Waals surface area (Å²) in [6.07, 6.45) is 0.149.